The Morgan fingerprint density at radius 3 is 2.83 bits per heavy atom. The van der Waals surface area contributed by atoms with Crippen molar-refractivity contribution in [2.24, 2.45) is 5.92 Å². The third-order valence-electron chi connectivity index (χ3n) is 2.55. The molecule has 1 N–H and O–H groups in total. The molecule has 0 aromatic heterocycles. The fourth-order valence-corrected chi connectivity index (χ4v) is 1.94. The van der Waals surface area contributed by atoms with Crippen molar-refractivity contribution in [2.75, 3.05) is 5.75 Å². The van der Waals surface area contributed by atoms with Crippen LogP contribution in [-0.2, 0) is 4.79 Å². The number of nitrogens with one attached hydrogen (secondary N) is 1. The van der Waals surface area contributed by atoms with Crippen molar-refractivity contribution in [3.05, 3.63) is 0 Å². The Bertz CT molecular complexity index is 161. The Hall–Kier alpha value is -0.180. The summed E-state index contributed by atoms with van der Waals surface area (Å²) in [7, 11) is 0. The summed E-state index contributed by atoms with van der Waals surface area (Å²) in [4.78, 5) is 11.2. The topological polar surface area (TPSA) is 29.1 Å². The molecule has 2 atom stereocenters. The molecule has 1 saturated carbocycles. The standard InChI is InChI=1S/C9H17NOS/c1-7-3-2-4-8(7)10-9(11)5-6-12/h7-8,12H,2-6H2,1H3,(H,10,11). The molecule has 1 rings (SSSR count). The van der Waals surface area contributed by atoms with Crippen molar-refractivity contribution in [1.29, 1.82) is 0 Å². The first-order valence-electron chi connectivity index (χ1n) is 4.64. The average Bonchev–Trinajstić information content (AvgIpc) is 2.37. The highest BCUT2D eigenvalue weighted by atomic mass is 32.1. The maximum atomic E-state index is 11.2. The van der Waals surface area contributed by atoms with E-state index >= 15 is 0 Å². The molecule has 1 fully saturated rings. The smallest absolute Gasteiger partial charge is 0.221 e. The van der Waals surface area contributed by atoms with Crippen molar-refractivity contribution in [1.82, 2.24) is 5.32 Å². The quantitative estimate of drug-likeness (QED) is 0.646. The fourth-order valence-electron chi connectivity index (χ4n) is 1.74. The van der Waals surface area contributed by atoms with Gasteiger partial charge >= 0.3 is 0 Å². The van der Waals surface area contributed by atoms with Crippen LogP contribution in [0.1, 0.15) is 32.6 Å². The number of rotatable bonds is 3. The van der Waals surface area contributed by atoms with Crippen LogP contribution < -0.4 is 5.32 Å². The lowest BCUT2D eigenvalue weighted by Crippen LogP contribution is -2.36. The lowest BCUT2D eigenvalue weighted by molar-refractivity contribution is -0.121. The number of carbonyl (C=O) groups excluding carboxylic acids is 1. The molecule has 0 aromatic rings. The van der Waals surface area contributed by atoms with E-state index in [-0.39, 0.29) is 5.91 Å². The van der Waals surface area contributed by atoms with Gasteiger partial charge in [0.05, 0.1) is 0 Å². The SMILES string of the molecule is CC1CCCC1NC(=O)CCS. The van der Waals surface area contributed by atoms with Crippen LogP contribution >= 0.6 is 12.6 Å². The molecule has 0 saturated heterocycles. The van der Waals surface area contributed by atoms with Gasteiger partial charge in [0.2, 0.25) is 5.91 Å². The van der Waals surface area contributed by atoms with Gasteiger partial charge < -0.3 is 5.32 Å². The van der Waals surface area contributed by atoms with Crippen LogP contribution in [-0.4, -0.2) is 17.7 Å². The Balaban J connectivity index is 2.25. The van der Waals surface area contributed by atoms with Gasteiger partial charge in [-0.3, -0.25) is 4.79 Å². The molecule has 1 aliphatic rings. The minimum atomic E-state index is 0.156. The second-order valence-electron chi connectivity index (χ2n) is 3.56. The minimum Gasteiger partial charge on any atom is -0.353 e. The van der Waals surface area contributed by atoms with E-state index in [0.29, 0.717) is 24.1 Å². The van der Waals surface area contributed by atoms with Gasteiger partial charge in [0.1, 0.15) is 0 Å². The first-order valence-corrected chi connectivity index (χ1v) is 5.27. The van der Waals surface area contributed by atoms with Crippen LogP contribution in [0, 0.1) is 5.92 Å². The summed E-state index contributed by atoms with van der Waals surface area (Å²) in [5.74, 6) is 1.46. The zero-order valence-corrected chi connectivity index (χ0v) is 8.44. The van der Waals surface area contributed by atoms with Crippen molar-refractivity contribution >= 4 is 18.5 Å². The minimum absolute atomic E-state index is 0.156. The van der Waals surface area contributed by atoms with Crippen LogP contribution in [0.5, 0.6) is 0 Å². The van der Waals surface area contributed by atoms with Gasteiger partial charge in [0.25, 0.3) is 0 Å². The summed E-state index contributed by atoms with van der Waals surface area (Å²) < 4.78 is 0. The highest BCUT2D eigenvalue weighted by Crippen LogP contribution is 2.24. The van der Waals surface area contributed by atoms with E-state index in [1.165, 1.54) is 12.8 Å². The fraction of sp³-hybridized carbons (Fsp3) is 0.889. The summed E-state index contributed by atoms with van der Waals surface area (Å²) in [5, 5.41) is 3.04. The first kappa shape index (κ1) is 9.90. The number of hydrogen-bond acceptors (Lipinski definition) is 2. The number of amides is 1. The summed E-state index contributed by atoms with van der Waals surface area (Å²) in [6.45, 7) is 2.21. The normalized spacial score (nSPS) is 28.8. The van der Waals surface area contributed by atoms with Crippen LogP contribution in [0.4, 0.5) is 0 Å². The number of carbonyl (C=O) groups is 1. The maximum Gasteiger partial charge on any atom is 0.221 e. The zero-order valence-electron chi connectivity index (χ0n) is 7.55. The monoisotopic (exact) mass is 187 g/mol. The predicted molar refractivity (Wildman–Crippen MR) is 53.4 cm³/mol. The largest absolute Gasteiger partial charge is 0.353 e. The van der Waals surface area contributed by atoms with Gasteiger partial charge in [-0.15, -0.1) is 0 Å². The van der Waals surface area contributed by atoms with Crippen molar-refractivity contribution in [3.8, 4) is 0 Å². The van der Waals surface area contributed by atoms with Crippen LogP contribution in [0.15, 0.2) is 0 Å². The second kappa shape index (κ2) is 4.75. The predicted octanol–water partition coefficient (Wildman–Crippen LogP) is 1.61. The molecule has 0 bridgehead atoms. The van der Waals surface area contributed by atoms with E-state index < -0.39 is 0 Å². The number of hydrogen-bond donors (Lipinski definition) is 2. The molecular formula is C9H17NOS. The van der Waals surface area contributed by atoms with E-state index in [4.69, 9.17) is 0 Å². The van der Waals surface area contributed by atoms with E-state index in [0.717, 1.165) is 6.42 Å². The Morgan fingerprint density at radius 1 is 1.58 bits per heavy atom. The van der Waals surface area contributed by atoms with Crippen LogP contribution in [0.3, 0.4) is 0 Å². The van der Waals surface area contributed by atoms with Crippen molar-refractivity contribution in [2.45, 2.75) is 38.6 Å². The van der Waals surface area contributed by atoms with Gasteiger partial charge in [-0.2, -0.15) is 12.6 Å². The molecule has 0 aromatic carbocycles. The van der Waals surface area contributed by atoms with E-state index in [1.807, 2.05) is 0 Å². The van der Waals surface area contributed by atoms with Gasteiger partial charge in [-0.05, 0) is 24.5 Å². The third-order valence-corrected chi connectivity index (χ3v) is 2.77. The Morgan fingerprint density at radius 2 is 2.33 bits per heavy atom. The highest BCUT2D eigenvalue weighted by Gasteiger charge is 2.24. The van der Waals surface area contributed by atoms with Gasteiger partial charge in [0, 0.05) is 12.5 Å². The number of thiol groups is 1. The molecule has 0 aliphatic heterocycles. The maximum absolute atomic E-state index is 11.2. The van der Waals surface area contributed by atoms with E-state index in [1.54, 1.807) is 0 Å². The molecule has 1 amide bonds. The molecule has 1 aliphatic carbocycles. The average molecular weight is 187 g/mol. The first-order chi connectivity index (χ1) is 5.74. The van der Waals surface area contributed by atoms with E-state index in [2.05, 4.69) is 24.9 Å². The summed E-state index contributed by atoms with van der Waals surface area (Å²) in [6.07, 6.45) is 4.21. The van der Waals surface area contributed by atoms with Gasteiger partial charge in [-0.1, -0.05) is 13.3 Å². The van der Waals surface area contributed by atoms with Crippen LogP contribution in [0.2, 0.25) is 0 Å². The van der Waals surface area contributed by atoms with Gasteiger partial charge in [-0.25, -0.2) is 0 Å². The molecule has 0 spiro atoms. The Labute approximate surface area is 79.5 Å². The Kier molecular flexibility index (Phi) is 3.92. The molecule has 12 heavy (non-hydrogen) atoms. The second-order valence-corrected chi connectivity index (χ2v) is 4.00. The van der Waals surface area contributed by atoms with Crippen molar-refractivity contribution < 1.29 is 4.79 Å². The molecule has 2 unspecified atom stereocenters. The highest BCUT2D eigenvalue weighted by molar-refractivity contribution is 7.80. The van der Waals surface area contributed by atoms with E-state index in [9.17, 15) is 4.79 Å². The molecule has 0 radical (unpaired) electrons. The third kappa shape index (κ3) is 2.70. The lowest BCUT2D eigenvalue weighted by atomic mass is 10.1. The molecule has 3 heteroatoms. The lowest BCUT2D eigenvalue weighted by Gasteiger charge is -2.16. The molecule has 2 nitrogen and oxygen atoms in total. The molecular weight excluding hydrogens is 170 g/mol. The van der Waals surface area contributed by atoms with Crippen molar-refractivity contribution in [3.63, 3.8) is 0 Å². The summed E-state index contributed by atoms with van der Waals surface area (Å²) in [5.41, 5.74) is 0. The molecule has 0 heterocycles. The van der Waals surface area contributed by atoms with Gasteiger partial charge in [0.15, 0.2) is 0 Å². The summed E-state index contributed by atoms with van der Waals surface area (Å²) in [6, 6.07) is 0.428. The molecule has 70 valence electrons. The summed E-state index contributed by atoms with van der Waals surface area (Å²) >= 11 is 4.02. The van der Waals surface area contributed by atoms with Crippen LogP contribution in [0.25, 0.3) is 0 Å². The zero-order chi connectivity index (χ0) is 8.97.